The van der Waals surface area contributed by atoms with Gasteiger partial charge < -0.3 is 19.4 Å². The molecule has 6 rings (SSSR count). The highest BCUT2D eigenvalue weighted by atomic mass is 32.1. The van der Waals surface area contributed by atoms with Crippen molar-refractivity contribution < 1.29 is 19.1 Å². The predicted octanol–water partition coefficient (Wildman–Crippen LogP) is 8.58. The molecule has 4 heterocycles. The van der Waals surface area contributed by atoms with Crippen molar-refractivity contribution in [3.63, 3.8) is 0 Å². The Balaban J connectivity index is 0.00000270. The van der Waals surface area contributed by atoms with Crippen LogP contribution in [0.1, 0.15) is 102 Å². The van der Waals surface area contributed by atoms with Crippen LogP contribution in [-0.4, -0.2) is 66.2 Å². The highest BCUT2D eigenvalue weighted by molar-refractivity contribution is 7.59. The van der Waals surface area contributed by atoms with Gasteiger partial charge in [0.1, 0.15) is 22.9 Å². The van der Waals surface area contributed by atoms with E-state index in [0.717, 1.165) is 71.6 Å². The van der Waals surface area contributed by atoms with E-state index in [4.69, 9.17) is 14.5 Å². The number of rotatable bonds is 6. The van der Waals surface area contributed by atoms with Crippen LogP contribution >= 0.6 is 27.0 Å². The third kappa shape index (κ3) is 9.21. The summed E-state index contributed by atoms with van der Waals surface area (Å²) in [6.07, 6.45) is 9.89. The predicted molar refractivity (Wildman–Crippen MR) is 203 cm³/mol. The minimum absolute atomic E-state index is 0. The van der Waals surface area contributed by atoms with Gasteiger partial charge in [-0.15, -0.1) is 0 Å². The first-order valence-corrected chi connectivity index (χ1v) is 16.6. The number of fused-ring (bicyclic) bond motifs is 1. The number of carbonyl (C=O) groups excluding carboxylic acids is 2. The molecule has 2 aromatic heterocycles. The molecule has 0 bridgehead atoms. The Morgan fingerprint density at radius 2 is 1.43 bits per heavy atom. The Bertz CT molecular complexity index is 1770. The molecule has 49 heavy (non-hydrogen) atoms. The summed E-state index contributed by atoms with van der Waals surface area (Å²) < 4.78 is 11.3. The number of nitrogens with one attached hydrogen (secondary N) is 2. The molecule has 10 nitrogen and oxygen atoms in total. The first kappa shape index (κ1) is 37.9. The molecule has 4 aromatic rings. The largest absolute Gasteiger partial charge is 0.444 e. The molecule has 2 aliphatic rings. The molecule has 12 heteroatoms. The van der Waals surface area contributed by atoms with Crippen molar-refractivity contribution in [3.05, 3.63) is 77.5 Å². The summed E-state index contributed by atoms with van der Waals surface area (Å²) in [4.78, 5) is 45.5. The highest BCUT2D eigenvalue weighted by Crippen LogP contribution is 2.34. The number of benzene rings is 2. The van der Waals surface area contributed by atoms with Gasteiger partial charge in [0.05, 0.1) is 35.0 Å². The fourth-order valence-corrected chi connectivity index (χ4v) is 6.30. The third-order valence-corrected chi connectivity index (χ3v) is 8.44. The van der Waals surface area contributed by atoms with Gasteiger partial charge in [0.25, 0.3) is 0 Å². The lowest BCUT2D eigenvalue weighted by molar-refractivity contribution is 0.0208. The number of carbonyl (C=O) groups is 2. The van der Waals surface area contributed by atoms with Gasteiger partial charge in [-0.05, 0) is 102 Å². The van der Waals surface area contributed by atoms with Crippen LogP contribution in [0.25, 0.3) is 28.4 Å². The van der Waals surface area contributed by atoms with Crippen LogP contribution in [0.2, 0.25) is 0 Å². The van der Waals surface area contributed by atoms with Gasteiger partial charge in [-0.1, -0.05) is 42.5 Å². The van der Waals surface area contributed by atoms with Crippen LogP contribution in [0.15, 0.2) is 54.7 Å². The Morgan fingerprint density at radius 1 is 0.837 bits per heavy atom. The number of hydrogen-bond donors (Lipinski definition) is 2. The summed E-state index contributed by atoms with van der Waals surface area (Å²) in [5, 5.41) is 0. The Hall–Kier alpha value is -3.90. The van der Waals surface area contributed by atoms with E-state index < -0.39 is 11.2 Å². The maximum Gasteiger partial charge on any atom is 0.410 e. The van der Waals surface area contributed by atoms with E-state index >= 15 is 0 Å². The molecule has 2 saturated heterocycles. The smallest absolute Gasteiger partial charge is 0.410 e. The summed E-state index contributed by atoms with van der Waals surface area (Å²) >= 11 is 0. The van der Waals surface area contributed by atoms with Crippen molar-refractivity contribution in [2.45, 2.75) is 96.9 Å². The second-order valence-corrected chi connectivity index (χ2v) is 14.5. The van der Waals surface area contributed by atoms with E-state index in [1.54, 1.807) is 9.80 Å². The molecule has 2 fully saturated rings. The number of imidazole rings is 2. The molecule has 0 aliphatic carbocycles. The SMILES string of the molecule is CC(C)(C)OC(=O)N1CCC[C@H]1c1ncc(-c2ccc(C=CCc3ccc4nc([C@@H]5CCCN5C(=O)OC(C)(C)C)[nH]c4c3)cc2)[nH]1.S.S. The molecule has 2 N–H and O–H groups in total. The first-order valence-electron chi connectivity index (χ1n) is 16.6. The van der Waals surface area contributed by atoms with Gasteiger partial charge in [0.2, 0.25) is 0 Å². The molecular formula is C37H50N6O4S2. The van der Waals surface area contributed by atoms with Gasteiger partial charge in [-0.2, -0.15) is 27.0 Å². The molecule has 0 radical (unpaired) electrons. The summed E-state index contributed by atoms with van der Waals surface area (Å²) in [5.74, 6) is 1.60. The van der Waals surface area contributed by atoms with Crippen LogP contribution in [0, 0.1) is 0 Å². The fraction of sp³-hybridized carbons (Fsp3) is 0.459. The zero-order valence-corrected chi connectivity index (χ0v) is 31.3. The quantitative estimate of drug-likeness (QED) is 0.208. The van der Waals surface area contributed by atoms with Crippen molar-refractivity contribution in [1.29, 1.82) is 0 Å². The molecule has 2 atom stereocenters. The minimum Gasteiger partial charge on any atom is -0.444 e. The number of amides is 2. The van der Waals surface area contributed by atoms with Crippen LogP contribution in [-0.2, 0) is 15.9 Å². The minimum atomic E-state index is -0.532. The van der Waals surface area contributed by atoms with Gasteiger partial charge in [0.15, 0.2) is 0 Å². The monoisotopic (exact) mass is 706 g/mol. The lowest BCUT2D eigenvalue weighted by atomic mass is 10.1. The highest BCUT2D eigenvalue weighted by Gasteiger charge is 2.36. The van der Waals surface area contributed by atoms with Crippen LogP contribution < -0.4 is 0 Å². The van der Waals surface area contributed by atoms with Crippen LogP contribution in [0.3, 0.4) is 0 Å². The number of ether oxygens (including phenoxy) is 2. The normalized spacial score (nSPS) is 18.1. The van der Waals surface area contributed by atoms with Crippen molar-refractivity contribution in [2.75, 3.05) is 13.1 Å². The van der Waals surface area contributed by atoms with Crippen molar-refractivity contribution >= 4 is 56.3 Å². The second-order valence-electron chi connectivity index (χ2n) is 14.5. The van der Waals surface area contributed by atoms with E-state index in [2.05, 4.69) is 63.5 Å². The second kappa shape index (κ2) is 15.3. The number of aromatic nitrogens is 4. The zero-order chi connectivity index (χ0) is 33.3. The Morgan fingerprint density at radius 3 is 2.02 bits per heavy atom. The topological polar surface area (TPSA) is 116 Å². The molecule has 0 spiro atoms. The third-order valence-electron chi connectivity index (χ3n) is 8.44. The average molecular weight is 707 g/mol. The standard InChI is InChI=1S/C37H46N6O4.2H2S/c1-36(2,3)46-34(44)42-20-8-12-30(42)32-38-23-29(41-32)26-17-14-24(15-18-26)10-7-11-25-16-19-27-28(22-25)40-33(39-27)31-13-9-21-43(31)35(45)47-37(4,5)6;;/h7,10,14-19,22-23,30-31H,8-9,11-13,20-21H2,1-6H3,(H,38,41)(H,39,40);2*1H2/t30-,31-;;/m0../s1. The van der Waals surface area contributed by atoms with Gasteiger partial charge in [0, 0.05) is 13.1 Å². The number of hydrogen-bond acceptors (Lipinski definition) is 6. The van der Waals surface area contributed by atoms with Crippen molar-refractivity contribution in [2.24, 2.45) is 0 Å². The molecule has 2 amide bonds. The summed E-state index contributed by atoms with van der Waals surface area (Å²) in [6.45, 7) is 12.7. The Kier molecular flexibility index (Phi) is 11.9. The van der Waals surface area contributed by atoms with E-state index in [-0.39, 0.29) is 51.3 Å². The van der Waals surface area contributed by atoms with Crippen molar-refractivity contribution in [3.8, 4) is 11.3 Å². The molecule has 2 aromatic carbocycles. The molecule has 0 saturated carbocycles. The molecule has 2 aliphatic heterocycles. The van der Waals surface area contributed by atoms with Gasteiger partial charge in [-0.3, -0.25) is 9.80 Å². The van der Waals surface area contributed by atoms with Crippen LogP contribution in [0.5, 0.6) is 0 Å². The summed E-state index contributed by atoms with van der Waals surface area (Å²) in [6, 6.07) is 14.4. The van der Waals surface area contributed by atoms with E-state index in [0.29, 0.717) is 13.1 Å². The molecule has 264 valence electrons. The number of likely N-dealkylation sites (tertiary alicyclic amines) is 2. The van der Waals surface area contributed by atoms with E-state index in [9.17, 15) is 9.59 Å². The summed E-state index contributed by atoms with van der Waals surface area (Å²) in [5.41, 5.74) is 5.04. The number of allylic oxidation sites excluding steroid dienone is 1. The Labute approximate surface area is 303 Å². The van der Waals surface area contributed by atoms with Gasteiger partial charge >= 0.3 is 12.2 Å². The average Bonchev–Trinajstić information content (AvgIpc) is 3.81. The maximum absolute atomic E-state index is 12.8. The van der Waals surface area contributed by atoms with E-state index in [1.165, 1.54) is 5.56 Å². The lowest BCUT2D eigenvalue weighted by Crippen LogP contribution is -2.36. The number of aromatic amines is 2. The molecule has 0 unspecified atom stereocenters. The molecular weight excluding hydrogens is 657 g/mol. The van der Waals surface area contributed by atoms with Gasteiger partial charge in [-0.25, -0.2) is 19.6 Å². The number of H-pyrrole nitrogens is 2. The first-order chi connectivity index (χ1) is 22.3. The number of nitrogens with zero attached hydrogens (tertiary/aromatic N) is 4. The fourth-order valence-electron chi connectivity index (χ4n) is 6.30. The summed E-state index contributed by atoms with van der Waals surface area (Å²) in [7, 11) is 0. The van der Waals surface area contributed by atoms with E-state index in [1.807, 2.05) is 53.8 Å². The zero-order valence-electron chi connectivity index (χ0n) is 29.3. The van der Waals surface area contributed by atoms with Crippen molar-refractivity contribution in [1.82, 2.24) is 29.7 Å². The maximum atomic E-state index is 12.8. The lowest BCUT2D eigenvalue weighted by Gasteiger charge is -2.27. The van der Waals surface area contributed by atoms with Crippen LogP contribution in [0.4, 0.5) is 9.59 Å².